The summed E-state index contributed by atoms with van der Waals surface area (Å²) < 4.78 is 39.5. The first-order valence-corrected chi connectivity index (χ1v) is 13.6. The van der Waals surface area contributed by atoms with Crippen LogP contribution in [0.4, 0.5) is 10.1 Å². The van der Waals surface area contributed by atoms with Crippen LogP contribution >= 0.6 is 11.6 Å². The summed E-state index contributed by atoms with van der Waals surface area (Å²) in [5.41, 5.74) is 4.94. The highest BCUT2D eigenvalue weighted by Crippen LogP contribution is 2.42. The highest BCUT2D eigenvalue weighted by Gasteiger charge is 2.33. The van der Waals surface area contributed by atoms with Crippen molar-refractivity contribution in [1.82, 2.24) is 9.88 Å². The number of nitrogens with one attached hydrogen (secondary N) is 1. The Morgan fingerprint density at radius 3 is 2.63 bits per heavy atom. The van der Waals surface area contributed by atoms with E-state index in [0.717, 1.165) is 25.2 Å². The number of carbonyl (C=O) groups is 2. The molecular formula is C22H26ClFN4O6S. The number of aromatic carboxylic acids is 1. The van der Waals surface area contributed by atoms with Gasteiger partial charge in [-0.1, -0.05) is 11.6 Å². The third kappa shape index (κ3) is 5.29. The predicted molar refractivity (Wildman–Crippen MR) is 129 cm³/mol. The Morgan fingerprint density at radius 2 is 2.03 bits per heavy atom. The molecule has 0 radical (unpaired) electrons. The molecule has 190 valence electrons. The van der Waals surface area contributed by atoms with Crippen LogP contribution in [0.25, 0.3) is 10.9 Å². The fraction of sp³-hybridized carbons (Fsp3) is 0.500. The van der Waals surface area contributed by atoms with Crippen LogP contribution in [0, 0.1) is 5.82 Å². The minimum atomic E-state index is -3.25. The van der Waals surface area contributed by atoms with Gasteiger partial charge in [-0.25, -0.2) is 17.6 Å². The lowest BCUT2D eigenvalue weighted by Crippen LogP contribution is -2.47. The lowest BCUT2D eigenvalue weighted by Gasteiger charge is -2.24. The zero-order chi connectivity index (χ0) is 25.7. The number of sulfone groups is 1. The quantitative estimate of drug-likeness (QED) is 0.463. The normalized spacial score (nSPS) is 19.2. The summed E-state index contributed by atoms with van der Waals surface area (Å²) >= 11 is 6.64. The molecule has 1 aliphatic heterocycles. The van der Waals surface area contributed by atoms with Crippen molar-refractivity contribution in [3.8, 4) is 0 Å². The Kier molecular flexibility index (Phi) is 6.82. The Balaban J connectivity index is 1.60. The van der Waals surface area contributed by atoms with Crippen LogP contribution in [0.2, 0.25) is 5.02 Å². The maximum atomic E-state index is 15.2. The van der Waals surface area contributed by atoms with E-state index in [9.17, 15) is 27.9 Å². The Labute approximate surface area is 205 Å². The van der Waals surface area contributed by atoms with Gasteiger partial charge in [-0.2, -0.15) is 0 Å². The first kappa shape index (κ1) is 25.4. The largest absolute Gasteiger partial charge is 0.477 e. The molecule has 1 saturated heterocycles. The van der Waals surface area contributed by atoms with Crippen molar-refractivity contribution in [2.24, 2.45) is 5.73 Å². The molecule has 4 rings (SSSR count). The van der Waals surface area contributed by atoms with Gasteiger partial charge in [-0.3, -0.25) is 9.59 Å². The summed E-state index contributed by atoms with van der Waals surface area (Å²) in [6.07, 6.45) is 4.38. The van der Waals surface area contributed by atoms with Gasteiger partial charge in [0.1, 0.15) is 21.2 Å². The highest BCUT2D eigenvalue weighted by molar-refractivity contribution is 7.90. The van der Waals surface area contributed by atoms with Crippen LogP contribution in [0.15, 0.2) is 17.1 Å². The zero-order valence-corrected chi connectivity index (χ0v) is 20.5. The monoisotopic (exact) mass is 528 g/mol. The van der Waals surface area contributed by atoms with E-state index in [-0.39, 0.29) is 52.4 Å². The van der Waals surface area contributed by atoms with E-state index in [1.807, 2.05) is 0 Å². The minimum absolute atomic E-state index is 0.0107. The number of carbonyl (C=O) groups excluding carboxylic acids is 1. The molecule has 1 saturated carbocycles. The number of aromatic nitrogens is 1. The van der Waals surface area contributed by atoms with Crippen LogP contribution in [0.5, 0.6) is 0 Å². The molecule has 35 heavy (non-hydrogen) atoms. The molecule has 1 aromatic heterocycles. The van der Waals surface area contributed by atoms with Crippen LogP contribution in [-0.4, -0.2) is 67.1 Å². The average Bonchev–Trinajstić information content (AvgIpc) is 3.51. The van der Waals surface area contributed by atoms with Gasteiger partial charge in [0, 0.05) is 37.6 Å². The maximum absolute atomic E-state index is 15.2. The molecule has 2 aromatic rings. The fourth-order valence-corrected chi connectivity index (χ4v) is 5.47. The van der Waals surface area contributed by atoms with E-state index in [1.165, 1.54) is 6.20 Å². The van der Waals surface area contributed by atoms with Gasteiger partial charge in [0.15, 0.2) is 0 Å². The number of halogens is 2. The summed E-state index contributed by atoms with van der Waals surface area (Å²) in [6.45, 7) is 0.597. The van der Waals surface area contributed by atoms with Crippen molar-refractivity contribution in [2.75, 3.05) is 30.0 Å². The predicted octanol–water partition coefficient (Wildman–Crippen LogP) is 1.28. The van der Waals surface area contributed by atoms with Gasteiger partial charge < -0.3 is 25.6 Å². The van der Waals surface area contributed by atoms with E-state index in [4.69, 9.17) is 17.3 Å². The molecule has 2 aliphatic rings. The molecule has 0 spiro atoms. The van der Waals surface area contributed by atoms with Gasteiger partial charge in [0.25, 0.3) is 0 Å². The molecule has 2 heterocycles. The van der Waals surface area contributed by atoms with Crippen molar-refractivity contribution >= 4 is 49.9 Å². The fourth-order valence-electron chi connectivity index (χ4n) is 4.38. The molecule has 2 atom stereocenters. The highest BCUT2D eigenvalue weighted by atomic mass is 35.5. The number of carboxylic acid groups (broad SMARTS) is 1. The smallest absolute Gasteiger partial charge is 0.341 e. The SMILES string of the molecule is CS(=O)(=O)CCC(N)C(=O)NC1CCN(c2c(F)cc3c(=O)c(C(=O)O)cn(C4CC4)c3c2Cl)C1. The number of hydrogen-bond donors (Lipinski definition) is 3. The number of fused-ring (bicyclic) bond motifs is 1. The Hall–Kier alpha value is -2.70. The van der Waals surface area contributed by atoms with Gasteiger partial charge in [-0.15, -0.1) is 0 Å². The number of rotatable bonds is 8. The van der Waals surface area contributed by atoms with E-state index in [0.29, 0.717) is 13.0 Å². The number of pyridine rings is 1. The van der Waals surface area contributed by atoms with Gasteiger partial charge >= 0.3 is 5.97 Å². The molecule has 1 aliphatic carbocycles. The average molecular weight is 529 g/mol. The number of benzene rings is 1. The summed E-state index contributed by atoms with van der Waals surface area (Å²) in [4.78, 5) is 38.3. The van der Waals surface area contributed by atoms with Gasteiger partial charge in [0.2, 0.25) is 11.3 Å². The zero-order valence-electron chi connectivity index (χ0n) is 19.0. The second-order valence-electron chi connectivity index (χ2n) is 9.20. The minimum Gasteiger partial charge on any atom is -0.477 e. The molecule has 2 fully saturated rings. The lowest BCUT2D eigenvalue weighted by atomic mass is 10.1. The van der Waals surface area contributed by atoms with Crippen LogP contribution in [0.1, 0.15) is 42.1 Å². The molecule has 4 N–H and O–H groups in total. The number of anilines is 1. The third-order valence-electron chi connectivity index (χ3n) is 6.34. The van der Waals surface area contributed by atoms with Crippen LogP contribution in [-0.2, 0) is 14.6 Å². The van der Waals surface area contributed by atoms with Crippen molar-refractivity contribution < 1.29 is 27.5 Å². The molecule has 2 unspecified atom stereocenters. The first-order valence-electron chi connectivity index (χ1n) is 11.2. The number of nitrogens with zero attached hydrogens (tertiary/aromatic N) is 2. The molecule has 13 heteroatoms. The molecular weight excluding hydrogens is 503 g/mol. The summed E-state index contributed by atoms with van der Waals surface area (Å²) in [5.74, 6) is -2.85. The Bertz CT molecular complexity index is 1370. The summed E-state index contributed by atoms with van der Waals surface area (Å²) in [5, 5.41) is 12.1. The van der Waals surface area contributed by atoms with Gasteiger partial charge in [-0.05, 0) is 31.7 Å². The van der Waals surface area contributed by atoms with Crippen molar-refractivity contribution in [3.05, 3.63) is 38.9 Å². The topological polar surface area (TPSA) is 152 Å². The number of nitrogens with two attached hydrogens (primary N) is 1. The lowest BCUT2D eigenvalue weighted by molar-refractivity contribution is -0.122. The Morgan fingerprint density at radius 1 is 1.34 bits per heavy atom. The van der Waals surface area contributed by atoms with Crippen molar-refractivity contribution in [2.45, 2.75) is 43.8 Å². The standard InChI is InChI=1S/C22H26ClFN4O6S/c1-35(33,34)7-5-16(25)21(30)26-11-4-6-27(9-11)19-15(24)8-13-18(17(19)23)28(12-2-3-12)10-14(20(13)29)22(31)32/h8,10-12,16H,2-7,9,25H2,1H3,(H,26,30)(H,31,32). The third-order valence-corrected chi connectivity index (χ3v) is 7.68. The van der Waals surface area contributed by atoms with Crippen LogP contribution in [0.3, 0.4) is 0 Å². The van der Waals surface area contributed by atoms with E-state index in [1.54, 1.807) is 9.47 Å². The van der Waals surface area contributed by atoms with E-state index in [2.05, 4.69) is 5.32 Å². The second kappa shape index (κ2) is 9.40. The molecule has 1 aromatic carbocycles. The number of carboxylic acids is 1. The summed E-state index contributed by atoms with van der Waals surface area (Å²) in [7, 11) is -3.25. The first-order chi connectivity index (χ1) is 16.4. The van der Waals surface area contributed by atoms with E-state index < -0.39 is 44.6 Å². The molecule has 1 amide bonds. The van der Waals surface area contributed by atoms with Gasteiger partial charge in [0.05, 0.1) is 33.4 Å². The molecule has 10 nitrogen and oxygen atoms in total. The van der Waals surface area contributed by atoms with E-state index >= 15 is 4.39 Å². The van der Waals surface area contributed by atoms with Crippen LogP contribution < -0.4 is 21.4 Å². The summed E-state index contributed by atoms with van der Waals surface area (Å²) in [6, 6.07) is -0.350. The number of hydrogen-bond acceptors (Lipinski definition) is 7. The second-order valence-corrected chi connectivity index (χ2v) is 11.8. The number of amides is 1. The molecule has 0 bridgehead atoms. The van der Waals surface area contributed by atoms with Crippen molar-refractivity contribution in [3.63, 3.8) is 0 Å². The van der Waals surface area contributed by atoms with Crippen molar-refractivity contribution in [1.29, 1.82) is 0 Å². The maximum Gasteiger partial charge on any atom is 0.341 e.